The molecule has 4 fully saturated rings. The SMILES string of the molecule is CC[C@H]1OC(=O)[C@H](C)[C@@H](O[C@H]2CC(C)(C)[C@@H](OC(=O)NNC(=O)/C=C/c3cccs3)[C@H](C)O2)[C@H](C)[C@@H](O[C@@H]2O[C@H](C)C[C@H](N(C)C)[C@H]2O)[C@@](C)(O)C[C@@H](C)CN(C)[C@H](C)[C@H]2OC(=O)O[C@H]21. The number of carbonyl (C=O) groups is 4. The van der Waals surface area contributed by atoms with Crippen LogP contribution in [-0.4, -0.2) is 157 Å². The van der Waals surface area contributed by atoms with Crippen LogP contribution in [-0.2, 0) is 47.5 Å². The van der Waals surface area contributed by atoms with Crippen molar-refractivity contribution in [3.8, 4) is 0 Å². The highest BCUT2D eigenvalue weighted by Gasteiger charge is 2.53. The first-order chi connectivity index (χ1) is 30.4. The van der Waals surface area contributed by atoms with E-state index in [9.17, 15) is 29.4 Å². The van der Waals surface area contributed by atoms with Crippen LogP contribution in [0.2, 0.25) is 0 Å². The minimum absolute atomic E-state index is 0.145. The molecule has 19 heteroatoms. The van der Waals surface area contributed by atoms with Crippen LogP contribution in [0, 0.1) is 23.2 Å². The van der Waals surface area contributed by atoms with Gasteiger partial charge in [-0.25, -0.2) is 15.0 Å². The van der Waals surface area contributed by atoms with E-state index >= 15 is 0 Å². The summed E-state index contributed by atoms with van der Waals surface area (Å²) in [5, 5.41) is 26.3. The zero-order valence-corrected chi connectivity index (χ0v) is 41.1. The molecule has 0 saturated carbocycles. The molecule has 368 valence electrons. The molecule has 0 bridgehead atoms. The van der Waals surface area contributed by atoms with Crippen LogP contribution in [0.1, 0.15) is 99.8 Å². The minimum atomic E-state index is -1.59. The van der Waals surface area contributed by atoms with Gasteiger partial charge < -0.3 is 53.0 Å². The van der Waals surface area contributed by atoms with Crippen molar-refractivity contribution in [2.24, 2.45) is 23.2 Å². The van der Waals surface area contributed by atoms with Gasteiger partial charge in [0.1, 0.15) is 18.3 Å². The molecule has 18 nitrogen and oxygen atoms in total. The summed E-state index contributed by atoms with van der Waals surface area (Å²) in [6.45, 7) is 18.9. The summed E-state index contributed by atoms with van der Waals surface area (Å²) in [7, 11) is 5.66. The molecular formula is C46H74N4O14S. The average Bonchev–Trinajstić information content (AvgIpc) is 3.89. The van der Waals surface area contributed by atoms with Crippen molar-refractivity contribution in [1.29, 1.82) is 0 Å². The van der Waals surface area contributed by atoms with Crippen LogP contribution in [0.5, 0.6) is 0 Å². The van der Waals surface area contributed by atoms with E-state index in [0.717, 1.165) is 4.88 Å². The van der Waals surface area contributed by atoms with E-state index < -0.39 is 108 Å². The Labute approximate surface area is 387 Å². The van der Waals surface area contributed by atoms with Crippen molar-refractivity contribution >= 4 is 41.5 Å². The van der Waals surface area contributed by atoms with Crippen molar-refractivity contribution in [3.63, 3.8) is 0 Å². The Balaban J connectivity index is 1.45. The smallest absolute Gasteiger partial charge is 0.458 e. The van der Waals surface area contributed by atoms with E-state index in [4.69, 9.17) is 37.9 Å². The molecule has 0 aromatic carbocycles. The topological polar surface area (TPSA) is 213 Å². The molecule has 0 aliphatic carbocycles. The third-order valence-electron chi connectivity index (χ3n) is 13.4. The molecule has 65 heavy (non-hydrogen) atoms. The van der Waals surface area contributed by atoms with Gasteiger partial charge in [0.2, 0.25) is 0 Å². The second kappa shape index (κ2) is 22.1. The van der Waals surface area contributed by atoms with Crippen LogP contribution in [0.3, 0.4) is 0 Å². The molecule has 1 aromatic heterocycles. The first-order valence-electron chi connectivity index (χ1n) is 22.9. The monoisotopic (exact) mass is 938 g/mol. The highest BCUT2D eigenvalue weighted by atomic mass is 32.1. The summed E-state index contributed by atoms with van der Waals surface area (Å²) >= 11 is 1.46. The molecule has 4 aliphatic heterocycles. The Morgan fingerprint density at radius 3 is 2.31 bits per heavy atom. The van der Waals surface area contributed by atoms with Crippen molar-refractivity contribution < 1.29 is 67.3 Å². The first-order valence-corrected chi connectivity index (χ1v) is 23.7. The third kappa shape index (κ3) is 13.2. The maximum absolute atomic E-state index is 14.5. The molecule has 4 saturated heterocycles. The molecule has 17 atom stereocenters. The molecule has 5 heterocycles. The van der Waals surface area contributed by atoms with Gasteiger partial charge in [-0.3, -0.25) is 19.9 Å². The summed E-state index contributed by atoms with van der Waals surface area (Å²) in [4.78, 5) is 57.4. The zero-order valence-electron chi connectivity index (χ0n) is 40.3. The Morgan fingerprint density at radius 2 is 1.68 bits per heavy atom. The number of hydrogen-bond acceptors (Lipinski definition) is 17. The van der Waals surface area contributed by atoms with Gasteiger partial charge in [-0.2, -0.15) is 0 Å². The first kappa shape index (κ1) is 52.6. The fourth-order valence-electron chi connectivity index (χ4n) is 10.0. The van der Waals surface area contributed by atoms with E-state index in [1.807, 2.05) is 96.9 Å². The van der Waals surface area contributed by atoms with Gasteiger partial charge in [0.05, 0.1) is 35.9 Å². The van der Waals surface area contributed by atoms with E-state index in [0.29, 0.717) is 19.4 Å². The predicted octanol–water partition coefficient (Wildman–Crippen LogP) is 4.85. The lowest BCUT2D eigenvalue weighted by Crippen LogP contribution is -2.60. The number of thiophene rings is 1. The molecule has 0 unspecified atom stereocenters. The molecule has 0 spiro atoms. The van der Waals surface area contributed by atoms with Crippen molar-refractivity contribution in [1.82, 2.24) is 20.7 Å². The third-order valence-corrected chi connectivity index (χ3v) is 14.3. The van der Waals surface area contributed by atoms with E-state index in [2.05, 4.69) is 10.9 Å². The number of aliphatic hydroxyl groups is 2. The number of hydrogen-bond donors (Lipinski definition) is 4. The summed E-state index contributed by atoms with van der Waals surface area (Å²) in [6, 6.07) is 3.06. The van der Waals surface area contributed by atoms with Crippen LogP contribution in [0.15, 0.2) is 23.6 Å². The highest BCUT2D eigenvalue weighted by Crippen LogP contribution is 2.42. The van der Waals surface area contributed by atoms with Gasteiger partial charge in [0.15, 0.2) is 24.8 Å². The largest absolute Gasteiger partial charge is 0.509 e. The molecule has 2 amide bonds. The summed E-state index contributed by atoms with van der Waals surface area (Å²) in [5.74, 6) is -3.15. The number of likely N-dealkylation sites (N-methyl/N-ethyl adjacent to an activating group) is 2. The summed E-state index contributed by atoms with van der Waals surface area (Å²) in [5.41, 5.74) is 2.27. The van der Waals surface area contributed by atoms with Gasteiger partial charge in [0.25, 0.3) is 5.91 Å². The molecule has 1 aromatic rings. The average molecular weight is 939 g/mol. The quantitative estimate of drug-likeness (QED) is 0.113. The molecule has 0 radical (unpaired) electrons. The zero-order chi connectivity index (χ0) is 48.1. The molecular weight excluding hydrogens is 865 g/mol. The normalized spacial score (nSPS) is 39.9. The van der Waals surface area contributed by atoms with E-state index in [-0.39, 0.29) is 36.9 Å². The number of carbonyl (C=O) groups excluding carboxylic acids is 4. The Hall–Kier alpha value is -3.40. The van der Waals surface area contributed by atoms with Crippen LogP contribution in [0.4, 0.5) is 9.59 Å². The lowest BCUT2D eigenvalue weighted by atomic mass is 9.77. The van der Waals surface area contributed by atoms with Gasteiger partial charge in [-0.1, -0.05) is 40.7 Å². The van der Waals surface area contributed by atoms with Crippen LogP contribution < -0.4 is 10.9 Å². The number of nitrogens with one attached hydrogen (secondary N) is 2. The number of fused-ring (bicyclic) bond motifs is 1. The van der Waals surface area contributed by atoms with Gasteiger partial charge in [0, 0.05) is 47.3 Å². The summed E-state index contributed by atoms with van der Waals surface area (Å²) < 4.78 is 49.8. The number of rotatable bonds is 9. The van der Waals surface area contributed by atoms with Gasteiger partial charge >= 0.3 is 18.2 Å². The van der Waals surface area contributed by atoms with Crippen molar-refractivity contribution in [2.75, 3.05) is 27.7 Å². The molecule has 5 rings (SSSR count). The number of aliphatic hydroxyl groups excluding tert-OH is 1. The fraction of sp³-hybridized carbons (Fsp3) is 0.783. The number of esters is 1. The number of amides is 2. The number of ether oxygens (including phenoxy) is 8. The van der Waals surface area contributed by atoms with Gasteiger partial charge in [-0.05, 0) is 98.5 Å². The fourth-order valence-corrected chi connectivity index (χ4v) is 10.6. The second-order valence-electron chi connectivity index (χ2n) is 19.8. The Morgan fingerprint density at radius 1 is 0.985 bits per heavy atom. The maximum atomic E-state index is 14.5. The molecule has 4 aliphatic rings. The van der Waals surface area contributed by atoms with Gasteiger partial charge in [-0.15, -0.1) is 11.3 Å². The number of hydrazine groups is 1. The van der Waals surface area contributed by atoms with Crippen molar-refractivity contribution in [3.05, 3.63) is 28.5 Å². The van der Waals surface area contributed by atoms with Crippen LogP contribution >= 0.6 is 11.3 Å². The maximum Gasteiger partial charge on any atom is 0.509 e. The van der Waals surface area contributed by atoms with Crippen LogP contribution in [0.25, 0.3) is 6.08 Å². The van der Waals surface area contributed by atoms with E-state index in [1.165, 1.54) is 17.4 Å². The number of cyclic esters (lactones) is 1. The predicted molar refractivity (Wildman–Crippen MR) is 240 cm³/mol. The summed E-state index contributed by atoms with van der Waals surface area (Å²) in [6.07, 6.45) is -7.13. The lowest BCUT2D eigenvalue weighted by Gasteiger charge is -2.49. The van der Waals surface area contributed by atoms with Crippen molar-refractivity contribution in [2.45, 2.75) is 180 Å². The minimum Gasteiger partial charge on any atom is -0.458 e. The number of nitrogens with zero attached hydrogens (tertiary/aromatic N) is 2. The Kier molecular flexibility index (Phi) is 17.9. The standard InChI is InChI=1S/C46H74N4O14S/c1-14-32-38-37(61-44(55)62-38)28(6)50(13)23-24(2)21-46(10,56)39(63-42-35(52)31(49(11)12)20-25(3)57-42)26(4)36(27(5)41(53)59-32)60-34-22-45(8,9)40(29(7)58-34)64-43(54)48-47-33(51)18-17-30-16-15-19-65-30/h15-19,24-29,31-32,34-40,42,52,56H,14,20-23H2,1-13H3,(H,47,51)(H,48,54)/b18-17+/t24-,25-,26+,27-,28-,29+,31+,32-,34+,35-,36+,37-,38+,39-,40+,42+,46+/m1/s1. The van der Waals surface area contributed by atoms with E-state index in [1.54, 1.807) is 26.8 Å². The highest BCUT2D eigenvalue weighted by molar-refractivity contribution is 7.10. The Bertz CT molecular complexity index is 1780. The second-order valence-corrected chi connectivity index (χ2v) is 20.8. The lowest BCUT2D eigenvalue weighted by molar-refractivity contribution is -0.312. The molecule has 4 N–H and O–H groups in total.